The smallest absolute Gasteiger partial charge is 0.176 e. The maximum atomic E-state index is 10.0. The molecule has 0 radical (unpaired) electrons. The van der Waals surface area contributed by atoms with Crippen molar-refractivity contribution in [3.8, 4) is 28.7 Å². The van der Waals surface area contributed by atoms with Crippen molar-refractivity contribution in [2.45, 2.75) is 19.9 Å². The molecule has 0 aliphatic heterocycles. The first kappa shape index (κ1) is 13.8. The van der Waals surface area contributed by atoms with Crippen molar-refractivity contribution < 1.29 is 9.52 Å². The molecule has 0 amide bonds. The molecule has 0 spiro atoms. The first-order chi connectivity index (χ1) is 10.1. The van der Waals surface area contributed by atoms with E-state index in [1.165, 1.54) is 0 Å². The molecule has 1 N–H and O–H groups in total. The zero-order chi connectivity index (χ0) is 15.0. The highest BCUT2D eigenvalue weighted by Gasteiger charge is 2.15. The molecule has 0 aliphatic rings. The number of halogens is 1. The lowest BCUT2D eigenvalue weighted by molar-refractivity contribution is 0.474. The van der Waals surface area contributed by atoms with E-state index in [1.54, 1.807) is 30.5 Å². The van der Waals surface area contributed by atoms with Crippen LogP contribution in [-0.2, 0) is 0 Å². The minimum Gasteiger partial charge on any atom is -0.506 e. The summed E-state index contributed by atoms with van der Waals surface area (Å²) >= 11 is 5.93. The molecule has 5 heteroatoms. The summed E-state index contributed by atoms with van der Waals surface area (Å²) in [5.74, 6) is 2.00. The molecule has 0 bridgehead atoms. The van der Waals surface area contributed by atoms with Crippen LogP contribution in [0.3, 0.4) is 0 Å². The second-order valence-electron chi connectivity index (χ2n) is 5.05. The molecule has 2 aromatic heterocycles. The number of para-hydroxylation sites is 1. The zero-order valence-electron chi connectivity index (χ0n) is 11.7. The first-order valence-corrected chi connectivity index (χ1v) is 7.06. The monoisotopic (exact) mass is 302 g/mol. The van der Waals surface area contributed by atoms with E-state index >= 15 is 0 Å². The van der Waals surface area contributed by atoms with Crippen molar-refractivity contribution in [1.29, 1.82) is 0 Å². The van der Waals surface area contributed by atoms with Crippen LogP contribution in [0.2, 0.25) is 5.02 Å². The van der Waals surface area contributed by atoms with Gasteiger partial charge in [0.15, 0.2) is 11.6 Å². The number of phenols is 1. The van der Waals surface area contributed by atoms with Crippen LogP contribution in [0.15, 0.2) is 47.1 Å². The summed E-state index contributed by atoms with van der Waals surface area (Å²) in [4.78, 5) is 4.34. The van der Waals surface area contributed by atoms with E-state index in [4.69, 9.17) is 16.0 Å². The van der Waals surface area contributed by atoms with Crippen LogP contribution >= 0.6 is 11.6 Å². The molecule has 21 heavy (non-hydrogen) atoms. The van der Waals surface area contributed by atoms with Crippen LogP contribution in [0.4, 0.5) is 0 Å². The predicted molar refractivity (Wildman–Crippen MR) is 82.4 cm³/mol. The van der Waals surface area contributed by atoms with Gasteiger partial charge in [-0.1, -0.05) is 17.7 Å². The Labute approximate surface area is 127 Å². The van der Waals surface area contributed by atoms with E-state index in [-0.39, 0.29) is 11.8 Å². The Morgan fingerprint density at radius 3 is 2.71 bits per heavy atom. The Balaban J connectivity index is 2.04. The second kappa shape index (κ2) is 5.30. The fourth-order valence-electron chi connectivity index (χ4n) is 2.24. The van der Waals surface area contributed by atoms with Crippen LogP contribution in [0.1, 0.15) is 19.9 Å². The topological polar surface area (TPSA) is 51.2 Å². The predicted octanol–water partition coefficient (Wildman–Crippen LogP) is 4.75. The summed E-state index contributed by atoms with van der Waals surface area (Å²) in [6.07, 6.45) is 3.66. The van der Waals surface area contributed by atoms with Gasteiger partial charge in [-0.25, -0.2) is 4.98 Å². The van der Waals surface area contributed by atoms with Crippen molar-refractivity contribution in [2.75, 3.05) is 0 Å². The van der Waals surface area contributed by atoms with Gasteiger partial charge in [0.1, 0.15) is 11.5 Å². The number of imidazole rings is 1. The van der Waals surface area contributed by atoms with Gasteiger partial charge >= 0.3 is 0 Å². The molecule has 2 heterocycles. The number of nitrogens with zero attached hydrogens (tertiary/aromatic N) is 2. The Kier molecular flexibility index (Phi) is 3.47. The molecule has 0 aliphatic carbocycles. The molecule has 3 aromatic rings. The fourth-order valence-corrected chi connectivity index (χ4v) is 2.41. The molecule has 108 valence electrons. The quantitative estimate of drug-likeness (QED) is 0.759. The maximum absolute atomic E-state index is 10.0. The summed E-state index contributed by atoms with van der Waals surface area (Å²) in [6, 6.07) is 9.11. The number of hydrogen-bond donors (Lipinski definition) is 1. The van der Waals surface area contributed by atoms with Crippen LogP contribution < -0.4 is 0 Å². The summed E-state index contributed by atoms with van der Waals surface area (Å²) in [5.41, 5.74) is 0.566. The van der Waals surface area contributed by atoms with Crippen molar-refractivity contribution in [1.82, 2.24) is 9.55 Å². The zero-order valence-corrected chi connectivity index (χ0v) is 12.5. The van der Waals surface area contributed by atoms with Gasteiger partial charge < -0.3 is 14.1 Å². The third-order valence-electron chi connectivity index (χ3n) is 3.30. The van der Waals surface area contributed by atoms with E-state index in [1.807, 2.05) is 16.8 Å². The minimum absolute atomic E-state index is 0.0206. The van der Waals surface area contributed by atoms with E-state index in [0.717, 1.165) is 5.82 Å². The van der Waals surface area contributed by atoms with Gasteiger partial charge in [-0.15, -0.1) is 0 Å². The number of furan rings is 1. The normalized spacial score (nSPS) is 11.2. The molecule has 0 saturated carbocycles. The molecular formula is C16H15ClN2O2. The van der Waals surface area contributed by atoms with Crippen molar-refractivity contribution in [2.24, 2.45) is 0 Å². The van der Waals surface area contributed by atoms with Crippen LogP contribution in [0.5, 0.6) is 5.75 Å². The van der Waals surface area contributed by atoms with Gasteiger partial charge in [0.05, 0.1) is 10.6 Å². The Morgan fingerprint density at radius 1 is 1.19 bits per heavy atom. The fraction of sp³-hybridized carbons (Fsp3) is 0.188. The van der Waals surface area contributed by atoms with Gasteiger partial charge in [0, 0.05) is 18.4 Å². The lowest BCUT2D eigenvalue weighted by Gasteiger charge is -2.09. The number of benzene rings is 1. The van der Waals surface area contributed by atoms with Crippen molar-refractivity contribution >= 4 is 11.6 Å². The number of aromatic nitrogens is 2. The lowest BCUT2D eigenvalue weighted by Crippen LogP contribution is -2.00. The first-order valence-electron chi connectivity index (χ1n) is 6.69. The van der Waals surface area contributed by atoms with Gasteiger partial charge in [0.2, 0.25) is 0 Å². The largest absolute Gasteiger partial charge is 0.506 e. The van der Waals surface area contributed by atoms with Crippen LogP contribution in [0, 0.1) is 0 Å². The maximum Gasteiger partial charge on any atom is 0.176 e. The van der Waals surface area contributed by atoms with Crippen molar-refractivity contribution in [3.05, 3.63) is 47.7 Å². The van der Waals surface area contributed by atoms with Gasteiger partial charge in [0.25, 0.3) is 0 Å². The molecule has 0 atom stereocenters. The molecule has 0 unspecified atom stereocenters. The van der Waals surface area contributed by atoms with Gasteiger partial charge in [-0.3, -0.25) is 0 Å². The molecule has 4 nitrogen and oxygen atoms in total. The number of aromatic hydroxyl groups is 1. The van der Waals surface area contributed by atoms with E-state index < -0.39 is 0 Å². The molecule has 0 saturated heterocycles. The Bertz CT molecular complexity index is 774. The Hall–Kier alpha value is -2.20. The van der Waals surface area contributed by atoms with Crippen LogP contribution in [0.25, 0.3) is 22.9 Å². The van der Waals surface area contributed by atoms with Crippen LogP contribution in [-0.4, -0.2) is 14.7 Å². The molecule has 1 aromatic carbocycles. The highest BCUT2D eigenvalue weighted by atomic mass is 35.5. The number of hydrogen-bond acceptors (Lipinski definition) is 3. The summed E-state index contributed by atoms with van der Waals surface area (Å²) in [6.45, 7) is 4.16. The summed E-state index contributed by atoms with van der Waals surface area (Å²) in [5, 5.41) is 10.3. The average molecular weight is 303 g/mol. The van der Waals surface area contributed by atoms with E-state index in [2.05, 4.69) is 18.8 Å². The molecule has 3 rings (SSSR count). The average Bonchev–Trinajstić information content (AvgIpc) is 3.09. The summed E-state index contributed by atoms with van der Waals surface area (Å²) in [7, 11) is 0. The SMILES string of the molecule is CC(C)n1ccnc1-c1ccc(-c2cccc(Cl)c2O)o1. The van der Waals surface area contributed by atoms with Gasteiger partial charge in [-0.2, -0.15) is 0 Å². The highest BCUT2D eigenvalue weighted by molar-refractivity contribution is 6.32. The molecule has 0 fully saturated rings. The Morgan fingerprint density at radius 2 is 1.95 bits per heavy atom. The van der Waals surface area contributed by atoms with Crippen molar-refractivity contribution in [3.63, 3.8) is 0 Å². The third-order valence-corrected chi connectivity index (χ3v) is 3.61. The minimum atomic E-state index is 0.0206. The summed E-state index contributed by atoms with van der Waals surface area (Å²) < 4.78 is 7.87. The number of phenolic OH excluding ortho intramolecular Hbond substituents is 1. The second-order valence-corrected chi connectivity index (χ2v) is 5.46. The van der Waals surface area contributed by atoms with Gasteiger partial charge in [-0.05, 0) is 38.1 Å². The standard InChI is InChI=1S/C16H15ClN2O2/c1-10(2)19-9-8-18-16(19)14-7-6-13(21-14)11-4-3-5-12(17)15(11)20/h3-10,20H,1-2H3. The van der Waals surface area contributed by atoms with E-state index in [9.17, 15) is 5.11 Å². The third kappa shape index (κ3) is 2.43. The van der Waals surface area contributed by atoms with E-state index in [0.29, 0.717) is 22.1 Å². The molecular weight excluding hydrogens is 288 g/mol. The number of rotatable bonds is 3. The lowest BCUT2D eigenvalue weighted by atomic mass is 10.1. The highest BCUT2D eigenvalue weighted by Crippen LogP contribution is 2.37.